The molecule has 1 aliphatic heterocycles. The van der Waals surface area contributed by atoms with E-state index >= 15 is 0 Å². The fourth-order valence-corrected chi connectivity index (χ4v) is 2.39. The molecule has 0 saturated carbocycles. The Morgan fingerprint density at radius 3 is 2.26 bits per heavy atom. The van der Waals surface area contributed by atoms with Crippen LogP contribution in [-0.4, -0.2) is 41.1 Å². The number of carboxylic acids is 1. The smallest absolute Gasteiger partial charge is 0.326 e. The second-order valence-corrected chi connectivity index (χ2v) is 6.81. The molecule has 1 saturated heterocycles. The van der Waals surface area contributed by atoms with Gasteiger partial charge in [-0.05, 0) is 23.7 Å². The second-order valence-electron chi connectivity index (χ2n) is 6.81. The average molecular weight is 270 g/mol. The highest BCUT2D eigenvalue weighted by Crippen LogP contribution is 2.33. The topological polar surface area (TPSA) is 69.6 Å². The summed E-state index contributed by atoms with van der Waals surface area (Å²) in [6, 6.07) is -1.07. The molecule has 5 nitrogen and oxygen atoms in total. The number of nitrogens with zero attached hydrogens (tertiary/aromatic N) is 1. The Kier molecular flexibility index (Phi) is 4.82. The van der Waals surface area contributed by atoms with E-state index in [9.17, 15) is 9.59 Å². The molecule has 0 radical (unpaired) electrons. The van der Waals surface area contributed by atoms with Crippen molar-refractivity contribution < 1.29 is 14.7 Å². The van der Waals surface area contributed by atoms with Crippen LogP contribution < -0.4 is 5.32 Å². The summed E-state index contributed by atoms with van der Waals surface area (Å²) >= 11 is 0. The molecule has 2 atom stereocenters. The first-order valence-electron chi connectivity index (χ1n) is 6.91. The molecule has 110 valence electrons. The average Bonchev–Trinajstić information content (AvgIpc) is 2.73. The maximum Gasteiger partial charge on any atom is 0.326 e. The van der Waals surface area contributed by atoms with Gasteiger partial charge in [-0.2, -0.15) is 0 Å². The minimum absolute atomic E-state index is 0.123. The first-order chi connectivity index (χ1) is 8.62. The molecular weight excluding hydrogens is 244 g/mol. The summed E-state index contributed by atoms with van der Waals surface area (Å²) in [7, 11) is 0. The molecule has 1 fully saturated rings. The molecule has 0 bridgehead atoms. The van der Waals surface area contributed by atoms with E-state index in [4.69, 9.17) is 5.11 Å². The Bertz CT molecular complexity index is 347. The molecule has 1 heterocycles. The van der Waals surface area contributed by atoms with Crippen molar-refractivity contribution in [1.82, 2.24) is 10.2 Å². The van der Waals surface area contributed by atoms with Crippen LogP contribution in [0.2, 0.25) is 0 Å². The van der Waals surface area contributed by atoms with Gasteiger partial charge in [-0.25, -0.2) is 9.59 Å². The molecule has 2 amide bonds. The normalized spacial score (nSPS) is 21.6. The molecule has 0 aliphatic carbocycles. The molecule has 0 aromatic carbocycles. The fraction of sp³-hybridized carbons (Fsp3) is 0.857. The molecule has 5 heteroatoms. The maximum atomic E-state index is 12.1. The first-order valence-corrected chi connectivity index (χ1v) is 6.91. The third-order valence-corrected chi connectivity index (χ3v) is 3.91. The van der Waals surface area contributed by atoms with Gasteiger partial charge in [-0.15, -0.1) is 0 Å². The van der Waals surface area contributed by atoms with Crippen LogP contribution in [0.1, 0.15) is 41.0 Å². The Balaban J connectivity index is 2.58. The quantitative estimate of drug-likeness (QED) is 0.825. The van der Waals surface area contributed by atoms with Gasteiger partial charge in [0.15, 0.2) is 0 Å². The van der Waals surface area contributed by atoms with Crippen LogP contribution in [-0.2, 0) is 4.79 Å². The van der Waals surface area contributed by atoms with Crippen LogP contribution in [0.15, 0.2) is 0 Å². The van der Waals surface area contributed by atoms with Crippen molar-refractivity contribution in [2.24, 2.45) is 17.3 Å². The second kappa shape index (κ2) is 5.80. The fourth-order valence-electron chi connectivity index (χ4n) is 2.39. The number of likely N-dealkylation sites (tertiary alicyclic amines) is 1. The SMILES string of the molecule is CC(C)[C@H](NC(=O)N1CCC(C(C)(C)C)C1)C(=O)O. The van der Waals surface area contributed by atoms with Crippen LogP contribution in [0.3, 0.4) is 0 Å². The van der Waals surface area contributed by atoms with Gasteiger partial charge in [0.1, 0.15) is 6.04 Å². The largest absolute Gasteiger partial charge is 0.480 e. The van der Waals surface area contributed by atoms with E-state index in [1.807, 2.05) is 0 Å². The van der Waals surface area contributed by atoms with Gasteiger partial charge in [-0.3, -0.25) is 0 Å². The third kappa shape index (κ3) is 4.11. The van der Waals surface area contributed by atoms with Crippen molar-refractivity contribution in [1.29, 1.82) is 0 Å². The molecule has 19 heavy (non-hydrogen) atoms. The van der Waals surface area contributed by atoms with Crippen molar-refractivity contribution in [2.45, 2.75) is 47.1 Å². The zero-order valence-electron chi connectivity index (χ0n) is 12.6. The minimum atomic E-state index is -0.977. The Morgan fingerprint density at radius 2 is 1.89 bits per heavy atom. The number of carbonyl (C=O) groups is 2. The van der Waals surface area contributed by atoms with Gasteiger partial charge in [-0.1, -0.05) is 34.6 Å². The molecule has 1 aliphatic rings. The molecule has 1 rings (SSSR count). The highest BCUT2D eigenvalue weighted by molar-refractivity contribution is 5.82. The summed E-state index contributed by atoms with van der Waals surface area (Å²) in [5.41, 5.74) is 0.180. The number of urea groups is 1. The number of hydrogen-bond acceptors (Lipinski definition) is 2. The third-order valence-electron chi connectivity index (χ3n) is 3.91. The number of rotatable bonds is 3. The standard InChI is InChI=1S/C14H26N2O3/c1-9(2)11(12(17)18)15-13(19)16-7-6-10(8-16)14(3,4)5/h9-11H,6-8H2,1-5H3,(H,15,19)(H,17,18)/t10?,11-/m0/s1. The zero-order chi connectivity index (χ0) is 14.8. The lowest BCUT2D eigenvalue weighted by molar-refractivity contribution is -0.140. The van der Waals surface area contributed by atoms with Gasteiger partial charge in [0.25, 0.3) is 0 Å². The van der Waals surface area contributed by atoms with E-state index in [-0.39, 0.29) is 17.4 Å². The lowest BCUT2D eigenvalue weighted by atomic mass is 9.80. The lowest BCUT2D eigenvalue weighted by Gasteiger charge is -2.27. The van der Waals surface area contributed by atoms with Crippen LogP contribution in [0.25, 0.3) is 0 Å². The van der Waals surface area contributed by atoms with Gasteiger partial charge >= 0.3 is 12.0 Å². The highest BCUT2D eigenvalue weighted by Gasteiger charge is 2.35. The predicted molar refractivity (Wildman–Crippen MR) is 73.9 cm³/mol. The van der Waals surface area contributed by atoms with Crippen molar-refractivity contribution in [2.75, 3.05) is 13.1 Å². The molecule has 1 unspecified atom stereocenters. The van der Waals surface area contributed by atoms with Crippen molar-refractivity contribution in [3.63, 3.8) is 0 Å². The molecule has 0 spiro atoms. The van der Waals surface area contributed by atoms with Gasteiger partial charge in [0, 0.05) is 13.1 Å². The Hall–Kier alpha value is -1.26. The molecule has 0 aromatic heterocycles. The van der Waals surface area contributed by atoms with E-state index in [1.54, 1.807) is 18.7 Å². The van der Waals surface area contributed by atoms with E-state index in [0.29, 0.717) is 19.0 Å². The maximum absolute atomic E-state index is 12.1. The van der Waals surface area contributed by atoms with E-state index < -0.39 is 12.0 Å². The van der Waals surface area contributed by atoms with Gasteiger partial charge in [0.05, 0.1) is 0 Å². The highest BCUT2D eigenvalue weighted by atomic mass is 16.4. The summed E-state index contributed by atoms with van der Waals surface area (Å²) in [5, 5.41) is 11.7. The van der Waals surface area contributed by atoms with Crippen LogP contribution in [0, 0.1) is 17.3 Å². The van der Waals surface area contributed by atoms with Crippen LogP contribution in [0.4, 0.5) is 4.79 Å². The summed E-state index contributed by atoms with van der Waals surface area (Å²) in [6.07, 6.45) is 0.982. The zero-order valence-corrected chi connectivity index (χ0v) is 12.6. The number of carbonyl (C=O) groups excluding carboxylic acids is 1. The van der Waals surface area contributed by atoms with Crippen molar-refractivity contribution in [3.8, 4) is 0 Å². The number of hydrogen-bond donors (Lipinski definition) is 2. The summed E-state index contributed by atoms with van der Waals surface area (Å²) < 4.78 is 0. The number of nitrogens with one attached hydrogen (secondary N) is 1. The summed E-state index contributed by atoms with van der Waals surface area (Å²) in [4.78, 5) is 24.9. The van der Waals surface area contributed by atoms with E-state index in [1.165, 1.54) is 0 Å². The molecular formula is C14H26N2O3. The number of carboxylic acid groups (broad SMARTS) is 1. The van der Waals surface area contributed by atoms with Crippen molar-refractivity contribution in [3.05, 3.63) is 0 Å². The number of aliphatic carboxylic acids is 1. The summed E-state index contributed by atoms with van der Waals surface area (Å²) in [5.74, 6) is -0.627. The molecule has 2 N–H and O–H groups in total. The van der Waals surface area contributed by atoms with Crippen LogP contribution in [0.5, 0.6) is 0 Å². The summed E-state index contributed by atoms with van der Waals surface area (Å²) in [6.45, 7) is 11.5. The van der Waals surface area contributed by atoms with E-state index in [0.717, 1.165) is 6.42 Å². The predicted octanol–water partition coefficient (Wildman–Crippen LogP) is 2.17. The van der Waals surface area contributed by atoms with Crippen LogP contribution >= 0.6 is 0 Å². The van der Waals surface area contributed by atoms with E-state index in [2.05, 4.69) is 26.1 Å². The minimum Gasteiger partial charge on any atom is -0.480 e. The first kappa shape index (κ1) is 15.8. The monoisotopic (exact) mass is 270 g/mol. The molecule has 0 aromatic rings. The van der Waals surface area contributed by atoms with Crippen molar-refractivity contribution >= 4 is 12.0 Å². The van der Waals surface area contributed by atoms with Gasteiger partial charge in [0.2, 0.25) is 0 Å². The van der Waals surface area contributed by atoms with Gasteiger partial charge < -0.3 is 15.3 Å². The number of amides is 2. The Labute approximate surface area is 115 Å². The Morgan fingerprint density at radius 1 is 1.32 bits per heavy atom. The lowest BCUT2D eigenvalue weighted by Crippen LogP contribution is -2.49.